The van der Waals surface area contributed by atoms with Crippen LogP contribution in [0.4, 0.5) is 4.39 Å². The zero-order chi connectivity index (χ0) is 41.6. The van der Waals surface area contributed by atoms with Gasteiger partial charge in [0.15, 0.2) is 0 Å². The largest absolute Gasteiger partial charge is 0.497 e. The number of carbonyl (C=O) groups excluding carboxylic acids is 4. The third-order valence-electron chi connectivity index (χ3n) is 11.8. The van der Waals surface area contributed by atoms with E-state index in [0.717, 1.165) is 0 Å². The maximum Gasteiger partial charge on any atom is 0.259 e. The van der Waals surface area contributed by atoms with E-state index in [9.17, 15) is 32.0 Å². The zero-order valence-corrected chi connectivity index (χ0v) is 34.1. The minimum Gasteiger partial charge on any atom is -0.497 e. The molecule has 2 N–H and O–H groups in total. The van der Waals surface area contributed by atoms with Crippen LogP contribution in [0.1, 0.15) is 65.7 Å². The Morgan fingerprint density at radius 2 is 1.81 bits per heavy atom. The molecule has 16 heteroatoms. The number of nitrogens with one attached hydrogen (secondary N) is 2. The minimum atomic E-state index is -3.93. The average molecular weight is 819 g/mol. The van der Waals surface area contributed by atoms with Gasteiger partial charge in [-0.1, -0.05) is 32.9 Å². The molecule has 3 aromatic rings. The minimum absolute atomic E-state index is 0.0160. The van der Waals surface area contributed by atoms with Crippen LogP contribution in [0.5, 0.6) is 11.5 Å². The molecule has 58 heavy (non-hydrogen) atoms. The van der Waals surface area contributed by atoms with E-state index in [4.69, 9.17) is 14.5 Å². The van der Waals surface area contributed by atoms with E-state index in [1.807, 2.05) is 39.0 Å². The molecule has 0 bridgehead atoms. The molecule has 2 aliphatic heterocycles. The summed E-state index contributed by atoms with van der Waals surface area (Å²) < 4.78 is 53.9. The van der Waals surface area contributed by atoms with Crippen LogP contribution >= 0.6 is 0 Å². The quantitative estimate of drug-likeness (QED) is 0.236. The summed E-state index contributed by atoms with van der Waals surface area (Å²) in [5, 5.41) is 2.83. The van der Waals surface area contributed by atoms with Gasteiger partial charge < -0.3 is 24.6 Å². The number of pyridine rings is 2. The van der Waals surface area contributed by atoms with Crippen molar-refractivity contribution >= 4 is 44.6 Å². The number of fused-ring (bicyclic) bond motifs is 1. The number of carbonyl (C=O) groups is 4. The number of sulfonamides is 1. The Labute approximate surface area is 338 Å². The molecule has 7 rings (SSSR count). The van der Waals surface area contributed by atoms with Crippen molar-refractivity contribution in [3.8, 4) is 22.9 Å². The number of benzene rings is 1. The number of piperidine rings is 1. The Hall–Kier alpha value is -5.12. The lowest BCUT2D eigenvalue weighted by molar-refractivity contribution is -0.149. The Morgan fingerprint density at radius 1 is 1.07 bits per heavy atom. The summed E-state index contributed by atoms with van der Waals surface area (Å²) >= 11 is 0. The van der Waals surface area contributed by atoms with E-state index in [1.165, 1.54) is 11.0 Å². The molecule has 2 aromatic heterocycles. The van der Waals surface area contributed by atoms with Crippen LogP contribution in [0, 0.1) is 17.3 Å². The van der Waals surface area contributed by atoms with Crippen LogP contribution in [0.15, 0.2) is 61.3 Å². The monoisotopic (exact) mass is 818 g/mol. The summed E-state index contributed by atoms with van der Waals surface area (Å²) in [5.74, 6) is -2.63. The summed E-state index contributed by atoms with van der Waals surface area (Å²) in [6.45, 7) is 9.83. The molecular weight excluding hydrogens is 768 g/mol. The Balaban J connectivity index is 1.21. The first-order valence-electron chi connectivity index (χ1n) is 19.8. The third kappa shape index (κ3) is 8.52. The number of rotatable bonds is 13. The van der Waals surface area contributed by atoms with Gasteiger partial charge in [0.25, 0.3) is 5.91 Å². The van der Waals surface area contributed by atoms with Crippen molar-refractivity contribution in [2.75, 3.05) is 26.7 Å². The lowest BCUT2D eigenvalue weighted by Gasteiger charge is -2.37. The van der Waals surface area contributed by atoms with Crippen LogP contribution < -0.4 is 19.5 Å². The fourth-order valence-electron chi connectivity index (χ4n) is 7.99. The second-order valence-corrected chi connectivity index (χ2v) is 18.9. The topological polar surface area (TPSA) is 177 Å². The zero-order valence-electron chi connectivity index (χ0n) is 33.3. The number of halogens is 1. The molecule has 4 fully saturated rings. The molecule has 14 nitrogen and oxygen atoms in total. The van der Waals surface area contributed by atoms with Gasteiger partial charge in [0, 0.05) is 55.6 Å². The van der Waals surface area contributed by atoms with Crippen LogP contribution in [-0.4, -0.2) is 108 Å². The molecule has 0 unspecified atom stereocenters. The van der Waals surface area contributed by atoms with Gasteiger partial charge in [-0.25, -0.2) is 17.8 Å². The van der Waals surface area contributed by atoms with E-state index < -0.39 is 74.1 Å². The fraction of sp³-hybridized carbons (Fsp3) is 0.524. The van der Waals surface area contributed by atoms with E-state index >= 15 is 0 Å². The normalized spacial score (nSPS) is 24.2. The van der Waals surface area contributed by atoms with Crippen LogP contribution in [0.3, 0.4) is 0 Å². The van der Waals surface area contributed by atoms with Crippen LogP contribution in [0.25, 0.3) is 22.3 Å². The van der Waals surface area contributed by atoms with Crippen LogP contribution in [-0.2, 0) is 29.2 Å². The molecule has 2 saturated carbocycles. The first kappa shape index (κ1) is 41.1. The third-order valence-corrected chi connectivity index (χ3v) is 13.6. The number of amides is 4. The van der Waals surface area contributed by atoms with E-state index in [-0.39, 0.29) is 57.6 Å². The SMILES string of the molecule is C=C[C@@H]1C[C@]1(NC(=O)[C@@H]1C[C@@H](Oc2cc(-c3ccccn3)nc3cc(OC)ccc23)CN1C(=O)[C@@H](CC(=O)N1CCC(F)CC1)C(C)(C)C)C(=O)NS(=O)(=O)C1CC1. The molecule has 2 aliphatic carbocycles. The predicted octanol–water partition coefficient (Wildman–Crippen LogP) is 4.34. The maximum absolute atomic E-state index is 14.9. The fourth-order valence-corrected chi connectivity index (χ4v) is 9.35. The van der Waals surface area contributed by atoms with Gasteiger partial charge in [-0.2, -0.15) is 0 Å². The summed E-state index contributed by atoms with van der Waals surface area (Å²) in [6.07, 6.45) is 2.80. The lowest BCUT2D eigenvalue weighted by atomic mass is 9.77. The number of methoxy groups -OCH3 is 1. The highest BCUT2D eigenvalue weighted by molar-refractivity contribution is 7.91. The van der Waals surface area contributed by atoms with E-state index in [1.54, 1.807) is 42.5 Å². The summed E-state index contributed by atoms with van der Waals surface area (Å²) in [7, 11) is -2.37. The highest BCUT2D eigenvalue weighted by Crippen LogP contribution is 2.46. The first-order valence-corrected chi connectivity index (χ1v) is 21.4. The molecular formula is C42H51FN6O8S. The molecule has 4 heterocycles. The number of hydrogen-bond donors (Lipinski definition) is 2. The number of aromatic nitrogens is 2. The van der Waals surface area contributed by atoms with Crippen molar-refractivity contribution in [3.05, 3.63) is 61.3 Å². The standard InChI is InChI=1S/C42H51FN6O8S/c1-6-25-23-42(25,40(53)47-58(54,55)29-11-12-29)46-38(51)35-20-28(24-49(35)39(52)31(41(2,3)4)21-37(50)48-17-14-26(43)15-18-48)57-36-22-34(32-9-7-8-16-44-32)45-33-19-27(56-5)10-13-30(33)36/h6-10,13,16,19,22,25-26,28-29,31,35H,1,11-12,14-15,17-18,20-21,23-24H2,2-5H3,(H,46,51)(H,47,53)/t25-,28-,31-,35+,42-/m1/s1. The molecule has 5 atom stereocenters. The number of hydrogen-bond acceptors (Lipinski definition) is 10. The highest BCUT2D eigenvalue weighted by atomic mass is 32.2. The molecule has 4 amide bonds. The lowest BCUT2D eigenvalue weighted by Crippen LogP contribution is -2.57. The first-order chi connectivity index (χ1) is 27.5. The number of nitrogens with zero attached hydrogens (tertiary/aromatic N) is 4. The van der Waals surface area contributed by atoms with Crippen molar-refractivity contribution in [2.24, 2.45) is 17.3 Å². The molecule has 310 valence electrons. The summed E-state index contributed by atoms with van der Waals surface area (Å²) in [6, 6.07) is 11.4. The van der Waals surface area contributed by atoms with Gasteiger partial charge in [0.2, 0.25) is 27.7 Å². The smallest absolute Gasteiger partial charge is 0.259 e. The molecule has 0 radical (unpaired) electrons. The Bertz CT molecular complexity index is 2210. The second kappa shape index (κ2) is 15.9. The van der Waals surface area contributed by atoms with E-state index in [2.05, 4.69) is 21.6 Å². The predicted molar refractivity (Wildman–Crippen MR) is 214 cm³/mol. The molecule has 2 saturated heterocycles. The average Bonchev–Trinajstić information content (AvgIpc) is 4.13. The maximum atomic E-state index is 14.9. The molecule has 1 aromatic carbocycles. The van der Waals surface area contributed by atoms with Gasteiger partial charge in [0.05, 0.1) is 41.7 Å². The van der Waals surface area contributed by atoms with Crippen molar-refractivity contribution < 1.29 is 41.5 Å². The Morgan fingerprint density at radius 3 is 2.43 bits per heavy atom. The van der Waals surface area contributed by atoms with Crippen molar-refractivity contribution in [1.29, 1.82) is 0 Å². The Kier molecular flexibility index (Phi) is 11.3. The van der Waals surface area contributed by atoms with E-state index in [0.29, 0.717) is 46.6 Å². The van der Waals surface area contributed by atoms with Gasteiger partial charge in [-0.3, -0.25) is 28.9 Å². The number of likely N-dealkylation sites (tertiary alicyclic amines) is 2. The number of ether oxygens (including phenoxy) is 2. The van der Waals surface area contributed by atoms with Crippen molar-refractivity contribution in [3.63, 3.8) is 0 Å². The van der Waals surface area contributed by atoms with Gasteiger partial charge in [-0.15, -0.1) is 6.58 Å². The van der Waals surface area contributed by atoms with Gasteiger partial charge >= 0.3 is 0 Å². The molecule has 0 spiro atoms. The molecule has 4 aliphatic rings. The van der Waals surface area contributed by atoms with Crippen LogP contribution in [0.2, 0.25) is 0 Å². The van der Waals surface area contributed by atoms with Gasteiger partial charge in [-0.05, 0) is 61.8 Å². The summed E-state index contributed by atoms with van der Waals surface area (Å²) in [5.41, 5.74) is -0.614. The number of alkyl halides is 1. The highest BCUT2D eigenvalue weighted by Gasteiger charge is 2.62. The van der Waals surface area contributed by atoms with Crippen molar-refractivity contribution in [1.82, 2.24) is 29.8 Å². The van der Waals surface area contributed by atoms with Crippen molar-refractivity contribution in [2.45, 2.75) is 94.8 Å². The second-order valence-electron chi connectivity index (χ2n) is 16.9. The summed E-state index contributed by atoms with van der Waals surface area (Å²) in [4.78, 5) is 68.9. The van der Waals surface area contributed by atoms with Gasteiger partial charge in [0.1, 0.15) is 35.4 Å².